The molecule has 1 aromatic carbocycles. The van der Waals surface area contributed by atoms with Crippen LogP contribution in [0.5, 0.6) is 0 Å². The molecule has 0 bridgehead atoms. The van der Waals surface area contributed by atoms with E-state index >= 15 is 0 Å². The van der Waals surface area contributed by atoms with Gasteiger partial charge in [-0.25, -0.2) is 5.84 Å². The maximum atomic E-state index is 11.1. The number of nitrogens with two attached hydrogens (primary N) is 2. The van der Waals surface area contributed by atoms with Crippen LogP contribution in [-0.2, 0) is 4.79 Å². The van der Waals surface area contributed by atoms with Crippen LogP contribution >= 0.6 is 0 Å². The number of hydrogen-bond donors (Lipinski definition) is 3. The fourth-order valence-electron chi connectivity index (χ4n) is 1.50. The minimum Gasteiger partial charge on any atom is -0.324 e. The second kappa shape index (κ2) is 5.63. The summed E-state index contributed by atoms with van der Waals surface area (Å²) in [6.07, 6.45) is 0.206. The zero-order valence-corrected chi connectivity index (χ0v) is 9.73. The summed E-state index contributed by atoms with van der Waals surface area (Å²) in [5, 5.41) is 0. The number of carbonyl (C=O) groups is 1. The molecule has 5 N–H and O–H groups in total. The van der Waals surface area contributed by atoms with Crippen molar-refractivity contribution in [2.45, 2.75) is 32.2 Å². The summed E-state index contributed by atoms with van der Waals surface area (Å²) < 4.78 is 0. The second-order valence-electron chi connectivity index (χ2n) is 4.20. The molecule has 0 aliphatic carbocycles. The number of carbonyl (C=O) groups excluding carboxylic acids is 1. The summed E-state index contributed by atoms with van der Waals surface area (Å²) >= 11 is 0. The van der Waals surface area contributed by atoms with E-state index in [0.29, 0.717) is 5.92 Å². The van der Waals surface area contributed by atoms with E-state index in [0.717, 1.165) is 5.56 Å². The van der Waals surface area contributed by atoms with E-state index in [4.69, 9.17) is 11.6 Å². The van der Waals surface area contributed by atoms with Gasteiger partial charge >= 0.3 is 0 Å². The summed E-state index contributed by atoms with van der Waals surface area (Å²) in [6, 6.07) is 7.71. The average molecular weight is 221 g/mol. The topological polar surface area (TPSA) is 81.1 Å². The SMILES string of the molecule is CC(C)c1ccc(C(N)CC(=O)NN)cc1. The van der Waals surface area contributed by atoms with Gasteiger partial charge in [0.15, 0.2) is 0 Å². The highest BCUT2D eigenvalue weighted by Crippen LogP contribution is 2.19. The Morgan fingerprint density at radius 1 is 1.25 bits per heavy atom. The Morgan fingerprint density at radius 2 is 1.75 bits per heavy atom. The second-order valence-corrected chi connectivity index (χ2v) is 4.20. The Hall–Kier alpha value is -1.39. The Kier molecular flexibility index (Phi) is 4.46. The van der Waals surface area contributed by atoms with Crippen molar-refractivity contribution in [3.63, 3.8) is 0 Å². The van der Waals surface area contributed by atoms with E-state index in [2.05, 4.69) is 19.3 Å². The molecule has 0 aliphatic heterocycles. The first kappa shape index (κ1) is 12.7. The summed E-state index contributed by atoms with van der Waals surface area (Å²) in [5.41, 5.74) is 10.2. The van der Waals surface area contributed by atoms with Gasteiger partial charge in [0.25, 0.3) is 0 Å². The first-order valence-electron chi connectivity index (χ1n) is 5.39. The van der Waals surface area contributed by atoms with Crippen LogP contribution in [0.3, 0.4) is 0 Å². The van der Waals surface area contributed by atoms with E-state index < -0.39 is 0 Å². The molecule has 0 heterocycles. The molecule has 0 saturated heterocycles. The molecule has 1 rings (SSSR count). The number of nitrogens with one attached hydrogen (secondary N) is 1. The van der Waals surface area contributed by atoms with Gasteiger partial charge in [0.2, 0.25) is 5.91 Å². The zero-order valence-electron chi connectivity index (χ0n) is 9.73. The van der Waals surface area contributed by atoms with Crippen molar-refractivity contribution in [3.05, 3.63) is 35.4 Å². The number of hydrogen-bond acceptors (Lipinski definition) is 3. The van der Waals surface area contributed by atoms with Crippen LogP contribution in [0.15, 0.2) is 24.3 Å². The molecule has 4 heteroatoms. The molecule has 1 atom stereocenters. The van der Waals surface area contributed by atoms with Gasteiger partial charge in [-0.05, 0) is 17.0 Å². The van der Waals surface area contributed by atoms with Gasteiger partial charge in [-0.2, -0.15) is 0 Å². The van der Waals surface area contributed by atoms with Crippen LogP contribution < -0.4 is 17.0 Å². The van der Waals surface area contributed by atoms with E-state index in [9.17, 15) is 4.79 Å². The van der Waals surface area contributed by atoms with Gasteiger partial charge in [-0.3, -0.25) is 10.2 Å². The maximum absolute atomic E-state index is 11.1. The fourth-order valence-corrected chi connectivity index (χ4v) is 1.50. The molecule has 0 fully saturated rings. The lowest BCUT2D eigenvalue weighted by Gasteiger charge is -2.12. The van der Waals surface area contributed by atoms with Gasteiger partial charge in [0.05, 0.1) is 0 Å². The third kappa shape index (κ3) is 3.32. The molecular formula is C12H19N3O. The largest absolute Gasteiger partial charge is 0.324 e. The molecule has 0 aromatic heterocycles. The minimum atomic E-state index is -0.301. The first-order valence-corrected chi connectivity index (χ1v) is 5.39. The number of amides is 1. The van der Waals surface area contributed by atoms with Crippen molar-refractivity contribution in [2.24, 2.45) is 11.6 Å². The fraction of sp³-hybridized carbons (Fsp3) is 0.417. The van der Waals surface area contributed by atoms with E-state index in [1.807, 2.05) is 24.3 Å². The predicted molar refractivity (Wildman–Crippen MR) is 64.4 cm³/mol. The van der Waals surface area contributed by atoms with Gasteiger partial charge in [-0.1, -0.05) is 38.1 Å². The predicted octanol–water partition coefficient (Wildman–Crippen LogP) is 1.19. The molecule has 1 aromatic rings. The van der Waals surface area contributed by atoms with Crippen molar-refractivity contribution < 1.29 is 4.79 Å². The molecule has 88 valence electrons. The third-order valence-electron chi connectivity index (χ3n) is 2.60. The zero-order chi connectivity index (χ0) is 12.1. The quantitative estimate of drug-likeness (QED) is 0.406. The summed E-state index contributed by atoms with van der Waals surface area (Å²) in [5.74, 6) is 5.26. The lowest BCUT2D eigenvalue weighted by molar-refractivity contribution is -0.121. The molecule has 0 aliphatic rings. The maximum Gasteiger partial charge on any atom is 0.235 e. The Bertz CT molecular complexity index is 346. The lowest BCUT2D eigenvalue weighted by atomic mass is 9.98. The van der Waals surface area contributed by atoms with Gasteiger partial charge in [0.1, 0.15) is 0 Å². The monoisotopic (exact) mass is 221 g/mol. The van der Waals surface area contributed by atoms with Crippen molar-refractivity contribution in [3.8, 4) is 0 Å². The van der Waals surface area contributed by atoms with Crippen molar-refractivity contribution in [2.75, 3.05) is 0 Å². The molecule has 1 amide bonds. The standard InChI is InChI=1S/C12H19N3O/c1-8(2)9-3-5-10(6-4-9)11(13)7-12(16)15-14/h3-6,8,11H,7,13-14H2,1-2H3,(H,15,16). The molecule has 4 nitrogen and oxygen atoms in total. The Morgan fingerprint density at radius 3 is 2.19 bits per heavy atom. The normalized spacial score (nSPS) is 12.6. The van der Waals surface area contributed by atoms with E-state index in [1.54, 1.807) is 0 Å². The average Bonchev–Trinajstić information content (AvgIpc) is 2.28. The number of benzene rings is 1. The molecular weight excluding hydrogens is 202 g/mol. The van der Waals surface area contributed by atoms with Crippen molar-refractivity contribution >= 4 is 5.91 Å². The summed E-state index contributed by atoms with van der Waals surface area (Å²) in [4.78, 5) is 11.1. The van der Waals surface area contributed by atoms with Crippen LogP contribution in [0, 0.1) is 0 Å². The Balaban J connectivity index is 2.70. The van der Waals surface area contributed by atoms with E-state index in [1.165, 1.54) is 5.56 Å². The third-order valence-corrected chi connectivity index (χ3v) is 2.60. The van der Waals surface area contributed by atoms with Gasteiger partial charge in [-0.15, -0.1) is 0 Å². The summed E-state index contributed by atoms with van der Waals surface area (Å²) in [6.45, 7) is 4.27. The first-order chi connectivity index (χ1) is 7.54. The smallest absolute Gasteiger partial charge is 0.235 e. The minimum absolute atomic E-state index is 0.206. The van der Waals surface area contributed by atoms with Crippen LogP contribution in [0.4, 0.5) is 0 Å². The van der Waals surface area contributed by atoms with Crippen LogP contribution in [0.25, 0.3) is 0 Å². The molecule has 0 radical (unpaired) electrons. The summed E-state index contributed by atoms with van der Waals surface area (Å²) in [7, 11) is 0. The van der Waals surface area contributed by atoms with Crippen LogP contribution in [0.1, 0.15) is 43.4 Å². The highest BCUT2D eigenvalue weighted by molar-refractivity contribution is 5.76. The van der Waals surface area contributed by atoms with Crippen molar-refractivity contribution in [1.82, 2.24) is 5.43 Å². The van der Waals surface area contributed by atoms with E-state index in [-0.39, 0.29) is 18.4 Å². The molecule has 16 heavy (non-hydrogen) atoms. The molecule has 0 saturated carbocycles. The van der Waals surface area contributed by atoms with Crippen molar-refractivity contribution in [1.29, 1.82) is 0 Å². The lowest BCUT2D eigenvalue weighted by Crippen LogP contribution is -2.32. The molecule has 1 unspecified atom stereocenters. The van der Waals surface area contributed by atoms with Crippen LogP contribution in [-0.4, -0.2) is 5.91 Å². The number of hydrazine groups is 1. The van der Waals surface area contributed by atoms with Gasteiger partial charge in [0, 0.05) is 12.5 Å². The van der Waals surface area contributed by atoms with Gasteiger partial charge < -0.3 is 5.73 Å². The molecule has 0 spiro atoms. The Labute approximate surface area is 96.0 Å². The highest BCUT2D eigenvalue weighted by atomic mass is 16.2. The number of rotatable bonds is 4. The van der Waals surface area contributed by atoms with Crippen LogP contribution in [0.2, 0.25) is 0 Å². The highest BCUT2D eigenvalue weighted by Gasteiger charge is 2.10.